The molecule has 1 saturated carbocycles. The van der Waals surface area contributed by atoms with Gasteiger partial charge in [0, 0.05) is 19.0 Å². The molecule has 1 aliphatic carbocycles. The highest BCUT2D eigenvalue weighted by atomic mass is 32.2. The molecule has 0 atom stereocenters. The van der Waals surface area contributed by atoms with E-state index in [9.17, 15) is 18.0 Å². The minimum atomic E-state index is -3.52. The number of aliphatic imine (C=N–C) groups is 1. The fourth-order valence-electron chi connectivity index (χ4n) is 5.18. The Labute approximate surface area is 186 Å². The Morgan fingerprint density at radius 1 is 1.12 bits per heavy atom. The van der Waals surface area contributed by atoms with Gasteiger partial charge in [0.15, 0.2) is 5.58 Å². The van der Waals surface area contributed by atoms with Gasteiger partial charge in [-0.15, -0.1) is 0 Å². The van der Waals surface area contributed by atoms with Crippen LogP contribution in [0.5, 0.6) is 0 Å². The van der Waals surface area contributed by atoms with Crippen LogP contribution in [0.1, 0.15) is 50.5 Å². The van der Waals surface area contributed by atoms with Crippen molar-refractivity contribution in [2.75, 3.05) is 18.8 Å². The molecular formula is C22H28N4O5S. The van der Waals surface area contributed by atoms with Gasteiger partial charge in [0.2, 0.25) is 10.0 Å². The van der Waals surface area contributed by atoms with E-state index >= 15 is 0 Å². The van der Waals surface area contributed by atoms with Crippen LogP contribution in [-0.4, -0.2) is 53.8 Å². The molecule has 2 fully saturated rings. The molecule has 1 aromatic heterocycles. The van der Waals surface area contributed by atoms with Crippen LogP contribution in [0.25, 0.3) is 11.1 Å². The van der Waals surface area contributed by atoms with Gasteiger partial charge >= 0.3 is 5.76 Å². The van der Waals surface area contributed by atoms with E-state index in [1.54, 1.807) is 18.2 Å². The first-order valence-corrected chi connectivity index (χ1v) is 13.0. The van der Waals surface area contributed by atoms with E-state index in [1.165, 1.54) is 23.6 Å². The van der Waals surface area contributed by atoms with Crippen LogP contribution < -0.4 is 11.1 Å². The van der Waals surface area contributed by atoms with Gasteiger partial charge in [-0.05, 0) is 43.7 Å². The van der Waals surface area contributed by atoms with Crippen molar-refractivity contribution in [2.24, 2.45) is 10.9 Å². The molecule has 1 amide bonds. The van der Waals surface area contributed by atoms with E-state index < -0.39 is 21.3 Å². The zero-order valence-corrected chi connectivity index (χ0v) is 18.7. The lowest BCUT2D eigenvalue weighted by molar-refractivity contribution is -0.125. The topological polar surface area (TPSA) is 125 Å². The maximum Gasteiger partial charge on any atom is 0.417 e. The fraction of sp³-hybridized carbons (Fsp3) is 0.591. The average Bonchev–Trinajstić information content (AvgIpc) is 3.33. The molecule has 2 aliphatic heterocycles. The van der Waals surface area contributed by atoms with Crippen molar-refractivity contribution in [2.45, 2.75) is 56.9 Å². The fourth-order valence-corrected chi connectivity index (χ4v) is 6.66. The minimum Gasteiger partial charge on any atom is -0.408 e. The summed E-state index contributed by atoms with van der Waals surface area (Å²) in [4.78, 5) is 31.6. The Hall–Kier alpha value is -2.46. The number of sulfonamides is 1. The van der Waals surface area contributed by atoms with Crippen LogP contribution in [0.4, 0.5) is 0 Å². The number of benzene rings is 1. The highest BCUT2D eigenvalue weighted by Gasteiger charge is 2.48. The van der Waals surface area contributed by atoms with Crippen LogP contribution in [-0.2, 0) is 21.2 Å². The lowest BCUT2D eigenvalue weighted by atomic mass is 9.88. The zero-order valence-electron chi connectivity index (χ0n) is 17.9. The van der Waals surface area contributed by atoms with E-state index in [-0.39, 0.29) is 31.2 Å². The second-order valence-electron chi connectivity index (χ2n) is 9.09. The number of fused-ring (bicyclic) bond motifs is 1. The molecule has 172 valence electrons. The Morgan fingerprint density at radius 3 is 2.62 bits per heavy atom. The van der Waals surface area contributed by atoms with E-state index in [0.717, 1.165) is 18.7 Å². The number of oxazole rings is 1. The number of piperidine rings is 1. The lowest BCUT2D eigenvalue weighted by Gasteiger charge is -2.34. The third-order valence-corrected chi connectivity index (χ3v) is 8.96. The van der Waals surface area contributed by atoms with Crippen molar-refractivity contribution < 1.29 is 17.6 Å². The van der Waals surface area contributed by atoms with Crippen molar-refractivity contribution in [3.63, 3.8) is 0 Å². The van der Waals surface area contributed by atoms with Gasteiger partial charge in [-0.25, -0.2) is 17.5 Å². The molecule has 1 aromatic carbocycles. The number of aromatic amines is 1. The van der Waals surface area contributed by atoms with Crippen molar-refractivity contribution in [3.05, 3.63) is 34.3 Å². The Morgan fingerprint density at radius 2 is 1.88 bits per heavy atom. The van der Waals surface area contributed by atoms with Crippen LogP contribution in [0, 0.1) is 5.92 Å². The number of amides is 1. The predicted molar refractivity (Wildman–Crippen MR) is 120 cm³/mol. The SMILES string of the molecule is O=C1NC(C2CCCCC2)=NC12CCN(S(=O)(=O)CCc1cccc3[nH]c(=O)oc13)CC2. The minimum absolute atomic E-state index is 0.0794. The van der Waals surface area contributed by atoms with Crippen LogP contribution in [0.3, 0.4) is 0 Å². The van der Waals surface area contributed by atoms with Gasteiger partial charge in [0.05, 0.1) is 11.3 Å². The molecule has 3 heterocycles. The molecule has 9 nitrogen and oxygen atoms in total. The molecule has 1 spiro atoms. The van der Waals surface area contributed by atoms with Crippen LogP contribution >= 0.6 is 0 Å². The number of para-hydroxylation sites is 1. The number of amidine groups is 1. The normalized spacial score (nSPS) is 22.4. The lowest BCUT2D eigenvalue weighted by Crippen LogP contribution is -2.51. The molecule has 1 saturated heterocycles. The van der Waals surface area contributed by atoms with Gasteiger partial charge < -0.3 is 9.73 Å². The number of hydrogen-bond donors (Lipinski definition) is 2. The number of carbonyl (C=O) groups excluding carboxylic acids is 1. The van der Waals surface area contributed by atoms with Gasteiger partial charge in [0.1, 0.15) is 11.4 Å². The summed E-state index contributed by atoms with van der Waals surface area (Å²) >= 11 is 0. The number of aryl methyl sites for hydroxylation is 1. The Kier molecular flexibility index (Phi) is 5.45. The summed E-state index contributed by atoms with van der Waals surface area (Å²) in [5.74, 6) is 0.414. The van der Waals surface area contributed by atoms with E-state index in [1.807, 2.05) is 0 Å². The molecule has 5 rings (SSSR count). The summed E-state index contributed by atoms with van der Waals surface area (Å²) < 4.78 is 32.6. The zero-order chi connectivity index (χ0) is 22.3. The first-order chi connectivity index (χ1) is 15.4. The molecule has 32 heavy (non-hydrogen) atoms. The molecule has 2 aromatic rings. The van der Waals surface area contributed by atoms with Crippen molar-refractivity contribution in [3.8, 4) is 0 Å². The van der Waals surface area contributed by atoms with E-state index in [2.05, 4.69) is 10.3 Å². The Bertz CT molecular complexity index is 1210. The number of nitrogens with zero attached hydrogens (tertiary/aromatic N) is 2. The van der Waals surface area contributed by atoms with E-state index in [0.29, 0.717) is 35.4 Å². The van der Waals surface area contributed by atoms with E-state index in [4.69, 9.17) is 9.41 Å². The van der Waals surface area contributed by atoms with Crippen LogP contribution in [0.2, 0.25) is 0 Å². The number of carbonyl (C=O) groups is 1. The summed E-state index contributed by atoms with van der Waals surface area (Å²) in [6.07, 6.45) is 6.73. The number of rotatable bonds is 5. The third kappa shape index (κ3) is 3.90. The van der Waals surface area contributed by atoms with Gasteiger partial charge in [-0.2, -0.15) is 0 Å². The average molecular weight is 461 g/mol. The van der Waals surface area contributed by atoms with Crippen LogP contribution in [0.15, 0.2) is 32.4 Å². The first-order valence-electron chi connectivity index (χ1n) is 11.4. The molecule has 0 radical (unpaired) electrons. The Balaban J connectivity index is 1.24. The van der Waals surface area contributed by atoms with Gasteiger partial charge in [-0.1, -0.05) is 31.4 Å². The highest BCUT2D eigenvalue weighted by molar-refractivity contribution is 7.89. The number of aromatic nitrogens is 1. The number of hydrogen-bond acceptors (Lipinski definition) is 6. The first kappa shape index (κ1) is 21.4. The maximum atomic E-state index is 13.0. The molecular weight excluding hydrogens is 432 g/mol. The summed E-state index contributed by atoms with van der Waals surface area (Å²) in [7, 11) is -3.52. The molecule has 0 bridgehead atoms. The van der Waals surface area contributed by atoms with Crippen molar-refractivity contribution >= 4 is 32.9 Å². The summed E-state index contributed by atoms with van der Waals surface area (Å²) in [6.45, 7) is 0.557. The predicted octanol–water partition coefficient (Wildman–Crippen LogP) is 1.94. The van der Waals surface area contributed by atoms with Crippen molar-refractivity contribution in [1.29, 1.82) is 0 Å². The smallest absolute Gasteiger partial charge is 0.408 e. The largest absolute Gasteiger partial charge is 0.417 e. The molecule has 2 N–H and O–H groups in total. The summed E-state index contributed by atoms with van der Waals surface area (Å²) in [5, 5.41) is 3.01. The number of nitrogens with one attached hydrogen (secondary N) is 2. The number of H-pyrrole nitrogens is 1. The highest BCUT2D eigenvalue weighted by Crippen LogP contribution is 2.34. The monoisotopic (exact) mass is 460 g/mol. The second-order valence-corrected chi connectivity index (χ2v) is 11.2. The second kappa shape index (κ2) is 8.15. The summed E-state index contributed by atoms with van der Waals surface area (Å²) in [6, 6.07) is 5.25. The molecule has 0 unspecified atom stereocenters. The quantitative estimate of drug-likeness (QED) is 0.705. The van der Waals surface area contributed by atoms with Crippen molar-refractivity contribution in [1.82, 2.24) is 14.6 Å². The van der Waals surface area contributed by atoms with Gasteiger partial charge in [0.25, 0.3) is 5.91 Å². The summed E-state index contributed by atoms with van der Waals surface area (Å²) in [5.41, 5.74) is 0.815. The molecule has 10 heteroatoms. The maximum absolute atomic E-state index is 13.0. The third-order valence-electron chi connectivity index (χ3n) is 7.09. The van der Waals surface area contributed by atoms with Gasteiger partial charge in [-0.3, -0.25) is 14.8 Å². The molecule has 3 aliphatic rings. The standard InChI is InChI=1S/C22H28N4O5S/c27-20-22(25-19(24-20)16-5-2-1-3-6-16)10-12-26(13-11-22)32(29,30)14-9-15-7-4-8-17-18(15)31-21(28)23-17/h4,7-8,16H,1-3,5-6,9-14H2,(H,23,28)(H,24,25,27).